The number of nitrogens with one attached hydrogen (secondary N) is 1. The monoisotopic (exact) mass is 237 g/mol. The molecule has 2 saturated heterocycles. The van der Waals surface area contributed by atoms with Crippen LogP contribution >= 0.6 is 0 Å². The second-order valence-corrected chi connectivity index (χ2v) is 5.09. The summed E-state index contributed by atoms with van der Waals surface area (Å²) in [7, 11) is 0. The quantitative estimate of drug-likeness (QED) is 0.847. The van der Waals surface area contributed by atoms with Gasteiger partial charge in [0.05, 0.1) is 0 Å². The minimum Gasteiger partial charge on any atom is -0.368 e. The van der Waals surface area contributed by atoms with Crippen molar-refractivity contribution in [2.45, 2.75) is 38.2 Å². The predicted molar refractivity (Wildman–Crippen MR) is 61.6 cm³/mol. The molecular formula is C12H19N3O2. The van der Waals surface area contributed by atoms with Gasteiger partial charge in [0, 0.05) is 19.1 Å². The van der Waals surface area contributed by atoms with Crippen molar-refractivity contribution < 1.29 is 9.26 Å². The van der Waals surface area contributed by atoms with Crippen LogP contribution in [0.15, 0.2) is 4.52 Å². The Morgan fingerprint density at radius 2 is 2.29 bits per heavy atom. The third-order valence-electron chi connectivity index (χ3n) is 3.75. The van der Waals surface area contributed by atoms with E-state index < -0.39 is 0 Å². The number of hydrogen-bond donors (Lipinski definition) is 1. The number of hydrogen-bond acceptors (Lipinski definition) is 5. The fourth-order valence-electron chi connectivity index (χ4n) is 2.61. The van der Waals surface area contributed by atoms with Crippen LogP contribution in [0.3, 0.4) is 0 Å². The molecule has 0 aliphatic carbocycles. The maximum absolute atomic E-state index is 5.64. The highest BCUT2D eigenvalue weighted by molar-refractivity contribution is 5.01. The SMILES string of the molecule is CC1CCOC1c1nc(C2CCCNC2)no1. The molecule has 0 aromatic carbocycles. The third-order valence-corrected chi connectivity index (χ3v) is 3.75. The summed E-state index contributed by atoms with van der Waals surface area (Å²) in [4.78, 5) is 4.52. The summed E-state index contributed by atoms with van der Waals surface area (Å²) in [6.07, 6.45) is 3.42. The Hall–Kier alpha value is -0.940. The first-order chi connectivity index (χ1) is 8.34. The Bertz CT molecular complexity index is 374. The van der Waals surface area contributed by atoms with Crippen LogP contribution in [0.1, 0.15) is 49.9 Å². The van der Waals surface area contributed by atoms with E-state index in [0.717, 1.165) is 38.4 Å². The Morgan fingerprint density at radius 3 is 3.00 bits per heavy atom. The van der Waals surface area contributed by atoms with Gasteiger partial charge in [-0.25, -0.2) is 0 Å². The van der Waals surface area contributed by atoms with Crippen LogP contribution in [0.2, 0.25) is 0 Å². The van der Waals surface area contributed by atoms with Crippen LogP contribution in [0, 0.1) is 5.92 Å². The first kappa shape index (κ1) is 11.2. The summed E-state index contributed by atoms with van der Waals surface area (Å²) in [5, 5.41) is 7.48. The van der Waals surface area contributed by atoms with Gasteiger partial charge >= 0.3 is 0 Å². The van der Waals surface area contributed by atoms with E-state index in [1.165, 1.54) is 6.42 Å². The molecule has 5 heteroatoms. The van der Waals surface area contributed by atoms with Gasteiger partial charge in [0.1, 0.15) is 6.10 Å². The predicted octanol–water partition coefficient (Wildman–Crippen LogP) is 1.63. The zero-order valence-corrected chi connectivity index (χ0v) is 10.2. The van der Waals surface area contributed by atoms with Gasteiger partial charge in [0.15, 0.2) is 5.82 Å². The summed E-state index contributed by atoms with van der Waals surface area (Å²) in [6, 6.07) is 0. The summed E-state index contributed by atoms with van der Waals surface area (Å²) < 4.78 is 11.0. The highest BCUT2D eigenvalue weighted by Crippen LogP contribution is 2.33. The van der Waals surface area contributed by atoms with Crippen molar-refractivity contribution in [1.29, 1.82) is 0 Å². The highest BCUT2D eigenvalue weighted by atomic mass is 16.5. The van der Waals surface area contributed by atoms with Crippen molar-refractivity contribution in [2.24, 2.45) is 5.92 Å². The van der Waals surface area contributed by atoms with Gasteiger partial charge in [0.25, 0.3) is 5.89 Å². The van der Waals surface area contributed by atoms with E-state index in [2.05, 4.69) is 22.4 Å². The molecule has 3 rings (SSSR count). The third kappa shape index (κ3) is 2.21. The Labute approximate surface area is 101 Å². The van der Waals surface area contributed by atoms with E-state index in [-0.39, 0.29) is 6.10 Å². The molecule has 2 fully saturated rings. The molecule has 3 heterocycles. The van der Waals surface area contributed by atoms with Crippen LogP contribution in [0.5, 0.6) is 0 Å². The number of rotatable bonds is 2. The Balaban J connectivity index is 1.73. The first-order valence-electron chi connectivity index (χ1n) is 6.50. The zero-order valence-electron chi connectivity index (χ0n) is 10.2. The van der Waals surface area contributed by atoms with Crippen LogP contribution in [-0.2, 0) is 4.74 Å². The molecule has 1 aromatic rings. The van der Waals surface area contributed by atoms with Gasteiger partial charge in [-0.2, -0.15) is 4.98 Å². The van der Waals surface area contributed by atoms with E-state index in [9.17, 15) is 0 Å². The molecule has 1 N–H and O–H groups in total. The summed E-state index contributed by atoms with van der Waals surface area (Å²) in [5.41, 5.74) is 0. The van der Waals surface area contributed by atoms with E-state index in [0.29, 0.717) is 17.7 Å². The summed E-state index contributed by atoms with van der Waals surface area (Å²) in [6.45, 7) is 5.03. The smallest absolute Gasteiger partial charge is 0.256 e. The van der Waals surface area contributed by atoms with Crippen molar-refractivity contribution in [2.75, 3.05) is 19.7 Å². The molecule has 2 aliphatic rings. The van der Waals surface area contributed by atoms with Gasteiger partial charge in [-0.1, -0.05) is 12.1 Å². The Morgan fingerprint density at radius 1 is 1.35 bits per heavy atom. The number of aromatic nitrogens is 2. The average Bonchev–Trinajstić information content (AvgIpc) is 2.98. The molecule has 3 unspecified atom stereocenters. The average molecular weight is 237 g/mol. The highest BCUT2D eigenvalue weighted by Gasteiger charge is 2.32. The van der Waals surface area contributed by atoms with Crippen molar-refractivity contribution >= 4 is 0 Å². The second kappa shape index (κ2) is 4.74. The molecule has 0 amide bonds. The number of nitrogens with zero attached hydrogens (tertiary/aromatic N) is 2. The van der Waals surface area contributed by atoms with Crippen molar-refractivity contribution in [3.8, 4) is 0 Å². The van der Waals surface area contributed by atoms with E-state index in [4.69, 9.17) is 9.26 Å². The van der Waals surface area contributed by atoms with Gasteiger partial charge in [-0.15, -0.1) is 0 Å². The van der Waals surface area contributed by atoms with E-state index >= 15 is 0 Å². The molecule has 0 bridgehead atoms. The molecular weight excluding hydrogens is 218 g/mol. The van der Waals surface area contributed by atoms with Gasteiger partial charge in [0.2, 0.25) is 0 Å². The molecule has 2 aliphatic heterocycles. The summed E-state index contributed by atoms with van der Waals surface area (Å²) >= 11 is 0. The van der Waals surface area contributed by atoms with Gasteiger partial charge in [-0.05, 0) is 31.7 Å². The summed E-state index contributed by atoms with van der Waals surface area (Å²) in [5.74, 6) is 2.39. The van der Waals surface area contributed by atoms with Crippen LogP contribution in [0.4, 0.5) is 0 Å². The molecule has 3 atom stereocenters. The molecule has 1 aromatic heterocycles. The van der Waals surface area contributed by atoms with E-state index in [1.54, 1.807) is 0 Å². The fourth-order valence-corrected chi connectivity index (χ4v) is 2.61. The molecule has 0 spiro atoms. The number of piperidine rings is 1. The van der Waals surface area contributed by atoms with Gasteiger partial charge in [-0.3, -0.25) is 0 Å². The standard InChI is InChI=1S/C12H19N3O2/c1-8-4-6-16-10(8)12-14-11(15-17-12)9-3-2-5-13-7-9/h8-10,13H,2-7H2,1H3. The molecule has 17 heavy (non-hydrogen) atoms. The zero-order chi connectivity index (χ0) is 11.7. The topological polar surface area (TPSA) is 60.2 Å². The fraction of sp³-hybridized carbons (Fsp3) is 0.833. The van der Waals surface area contributed by atoms with Gasteiger partial charge < -0.3 is 14.6 Å². The lowest BCUT2D eigenvalue weighted by Crippen LogP contribution is -2.28. The van der Waals surface area contributed by atoms with Crippen molar-refractivity contribution in [3.05, 3.63) is 11.7 Å². The Kier molecular flexibility index (Phi) is 3.11. The van der Waals surface area contributed by atoms with Crippen molar-refractivity contribution in [3.63, 3.8) is 0 Å². The second-order valence-electron chi connectivity index (χ2n) is 5.09. The maximum Gasteiger partial charge on any atom is 0.256 e. The lowest BCUT2D eigenvalue weighted by molar-refractivity contribution is 0.0661. The van der Waals surface area contributed by atoms with Crippen LogP contribution in [-0.4, -0.2) is 29.8 Å². The first-order valence-corrected chi connectivity index (χ1v) is 6.50. The van der Waals surface area contributed by atoms with Crippen molar-refractivity contribution in [1.82, 2.24) is 15.5 Å². The largest absolute Gasteiger partial charge is 0.368 e. The normalized spacial score (nSPS) is 34.1. The van der Waals surface area contributed by atoms with E-state index in [1.807, 2.05) is 0 Å². The minimum absolute atomic E-state index is 0.00722. The van der Waals surface area contributed by atoms with Crippen LogP contribution in [0.25, 0.3) is 0 Å². The lowest BCUT2D eigenvalue weighted by atomic mass is 9.99. The molecule has 0 saturated carbocycles. The lowest BCUT2D eigenvalue weighted by Gasteiger charge is -2.19. The molecule has 0 radical (unpaired) electrons. The number of ether oxygens (including phenoxy) is 1. The minimum atomic E-state index is 0.00722. The van der Waals surface area contributed by atoms with Crippen LogP contribution < -0.4 is 5.32 Å². The molecule has 5 nitrogen and oxygen atoms in total. The molecule has 94 valence electrons. The maximum atomic E-state index is 5.64.